The lowest BCUT2D eigenvalue weighted by Gasteiger charge is -2.32. The summed E-state index contributed by atoms with van der Waals surface area (Å²) in [5.74, 6) is 0.0631. The number of amidine groups is 1. The van der Waals surface area contributed by atoms with Gasteiger partial charge in [0.15, 0.2) is 5.84 Å². The molecule has 0 aromatic heterocycles. The smallest absolute Gasteiger partial charge is 0.285 e. The van der Waals surface area contributed by atoms with E-state index in [9.17, 15) is 18.0 Å². The first-order valence-electron chi connectivity index (χ1n) is 10.8. The predicted molar refractivity (Wildman–Crippen MR) is 120 cm³/mol. The monoisotopic (exact) mass is 452 g/mol. The minimum absolute atomic E-state index is 0.0919. The zero-order valence-electron chi connectivity index (χ0n) is 17.5. The van der Waals surface area contributed by atoms with Crippen molar-refractivity contribution in [3.8, 4) is 0 Å². The van der Waals surface area contributed by atoms with E-state index in [0.717, 1.165) is 12.8 Å². The molecule has 5 rings (SSSR count). The van der Waals surface area contributed by atoms with Crippen LogP contribution in [0.25, 0.3) is 0 Å². The topological polar surface area (TPSA) is 108 Å². The van der Waals surface area contributed by atoms with Gasteiger partial charge in [-0.2, -0.15) is 8.42 Å². The van der Waals surface area contributed by atoms with E-state index in [1.165, 1.54) is 0 Å². The van der Waals surface area contributed by atoms with Gasteiger partial charge in [0, 0.05) is 41.9 Å². The predicted octanol–water partition coefficient (Wildman–Crippen LogP) is 2.38. The summed E-state index contributed by atoms with van der Waals surface area (Å²) in [5.41, 5.74) is 1.75. The minimum Gasteiger partial charge on any atom is -0.355 e. The molecule has 1 saturated heterocycles. The molecule has 1 saturated carbocycles. The van der Waals surface area contributed by atoms with Crippen LogP contribution in [0.4, 0.5) is 5.69 Å². The second kappa shape index (κ2) is 8.05. The number of amides is 2. The molecule has 2 N–H and O–H groups in total. The van der Waals surface area contributed by atoms with Crippen molar-refractivity contribution in [3.05, 3.63) is 59.7 Å². The van der Waals surface area contributed by atoms with Gasteiger partial charge >= 0.3 is 0 Å². The molecule has 2 amide bonds. The molecule has 2 heterocycles. The number of carbonyl (C=O) groups is 2. The first-order chi connectivity index (χ1) is 15.4. The maximum atomic E-state index is 12.8. The second-order valence-electron chi connectivity index (χ2n) is 8.47. The fraction of sp³-hybridized carbons (Fsp3) is 0.348. The Morgan fingerprint density at radius 3 is 2.47 bits per heavy atom. The molecule has 2 aliphatic heterocycles. The lowest BCUT2D eigenvalue weighted by molar-refractivity contribution is -0.120. The molecular formula is C23H24N4O4S. The molecule has 8 nitrogen and oxygen atoms in total. The number of nitrogens with one attached hydrogen (secondary N) is 2. The molecule has 0 radical (unpaired) electrons. The van der Waals surface area contributed by atoms with Crippen LogP contribution in [0.3, 0.4) is 0 Å². The number of likely N-dealkylation sites (tertiary alicyclic amines) is 1. The van der Waals surface area contributed by atoms with E-state index in [0.29, 0.717) is 48.6 Å². The third-order valence-corrected chi connectivity index (χ3v) is 7.41. The minimum atomic E-state index is -3.66. The van der Waals surface area contributed by atoms with Crippen LogP contribution in [0, 0.1) is 5.92 Å². The first-order valence-corrected chi connectivity index (χ1v) is 12.3. The molecule has 0 spiro atoms. The van der Waals surface area contributed by atoms with E-state index in [-0.39, 0.29) is 28.7 Å². The maximum Gasteiger partial charge on any atom is 0.285 e. The van der Waals surface area contributed by atoms with Crippen LogP contribution < -0.4 is 10.6 Å². The van der Waals surface area contributed by atoms with Gasteiger partial charge in [-0.15, -0.1) is 4.40 Å². The summed E-state index contributed by atoms with van der Waals surface area (Å²) in [7, 11) is -3.66. The largest absolute Gasteiger partial charge is 0.355 e. The van der Waals surface area contributed by atoms with Gasteiger partial charge in [0.25, 0.3) is 15.9 Å². The number of fused-ring (bicyclic) bond motifs is 1. The molecule has 3 aliphatic rings. The number of anilines is 1. The van der Waals surface area contributed by atoms with Gasteiger partial charge in [-0.1, -0.05) is 18.2 Å². The summed E-state index contributed by atoms with van der Waals surface area (Å²) in [6.45, 7) is 1.09. The maximum absolute atomic E-state index is 12.8. The summed E-state index contributed by atoms with van der Waals surface area (Å²) >= 11 is 0. The highest BCUT2D eigenvalue weighted by Gasteiger charge is 2.34. The summed E-state index contributed by atoms with van der Waals surface area (Å²) in [4.78, 5) is 27.2. The normalized spacial score (nSPS) is 19.8. The molecule has 0 unspecified atom stereocenters. The van der Waals surface area contributed by atoms with Gasteiger partial charge in [-0.3, -0.25) is 9.59 Å². The van der Waals surface area contributed by atoms with Crippen LogP contribution in [-0.2, 0) is 14.8 Å². The molecule has 2 aromatic carbocycles. The van der Waals surface area contributed by atoms with Crippen molar-refractivity contribution >= 4 is 33.4 Å². The van der Waals surface area contributed by atoms with Gasteiger partial charge in [-0.05, 0) is 56.0 Å². The zero-order chi connectivity index (χ0) is 22.3. The van der Waals surface area contributed by atoms with Gasteiger partial charge in [0.05, 0.1) is 0 Å². The Morgan fingerprint density at radius 1 is 0.969 bits per heavy atom. The summed E-state index contributed by atoms with van der Waals surface area (Å²) in [6, 6.07) is 14.1. The highest BCUT2D eigenvalue weighted by Crippen LogP contribution is 2.30. The second-order valence-corrected chi connectivity index (χ2v) is 10.0. The van der Waals surface area contributed by atoms with E-state index in [4.69, 9.17) is 0 Å². The summed E-state index contributed by atoms with van der Waals surface area (Å²) in [6.07, 6.45) is 3.22. The van der Waals surface area contributed by atoms with Crippen molar-refractivity contribution in [2.24, 2.45) is 10.3 Å². The first kappa shape index (κ1) is 20.7. The van der Waals surface area contributed by atoms with Crippen LogP contribution in [0.5, 0.6) is 0 Å². The Morgan fingerprint density at radius 2 is 1.72 bits per heavy atom. The lowest BCUT2D eigenvalue weighted by Crippen LogP contribution is -2.41. The van der Waals surface area contributed by atoms with Crippen LogP contribution >= 0.6 is 0 Å². The zero-order valence-corrected chi connectivity index (χ0v) is 18.3. The number of sulfonamides is 1. The van der Waals surface area contributed by atoms with Gasteiger partial charge in [0.2, 0.25) is 5.91 Å². The van der Waals surface area contributed by atoms with Crippen molar-refractivity contribution in [2.45, 2.75) is 36.6 Å². The molecule has 2 fully saturated rings. The molecule has 0 atom stereocenters. The quantitative estimate of drug-likeness (QED) is 0.741. The Hall–Kier alpha value is -3.20. The Kier molecular flexibility index (Phi) is 5.21. The van der Waals surface area contributed by atoms with Crippen LogP contribution in [-0.4, -0.2) is 50.1 Å². The number of piperidine rings is 1. The highest BCUT2D eigenvalue weighted by molar-refractivity contribution is 7.90. The lowest BCUT2D eigenvalue weighted by atomic mass is 9.95. The number of carbonyl (C=O) groups excluding carboxylic acids is 2. The highest BCUT2D eigenvalue weighted by atomic mass is 32.2. The van der Waals surface area contributed by atoms with Gasteiger partial charge < -0.3 is 15.5 Å². The molecular weight excluding hydrogens is 428 g/mol. The molecule has 0 bridgehead atoms. The van der Waals surface area contributed by atoms with Gasteiger partial charge in [0.1, 0.15) is 4.90 Å². The summed E-state index contributed by atoms with van der Waals surface area (Å²) in [5, 5.41) is 5.87. The molecule has 32 heavy (non-hydrogen) atoms. The molecule has 2 aromatic rings. The molecule has 9 heteroatoms. The fourth-order valence-electron chi connectivity index (χ4n) is 4.15. The fourth-order valence-corrected chi connectivity index (χ4v) is 5.38. The van der Waals surface area contributed by atoms with E-state index < -0.39 is 10.0 Å². The average Bonchev–Trinajstić information content (AvgIpc) is 3.57. The third-order valence-electron chi connectivity index (χ3n) is 6.08. The number of rotatable bonds is 4. The molecule has 166 valence electrons. The third kappa shape index (κ3) is 4.12. The van der Waals surface area contributed by atoms with Crippen LogP contribution in [0.15, 0.2) is 57.8 Å². The van der Waals surface area contributed by atoms with E-state index >= 15 is 0 Å². The van der Waals surface area contributed by atoms with Crippen LogP contribution in [0.1, 0.15) is 41.6 Å². The van der Waals surface area contributed by atoms with E-state index in [2.05, 4.69) is 15.0 Å². The van der Waals surface area contributed by atoms with E-state index in [1.54, 1.807) is 48.5 Å². The van der Waals surface area contributed by atoms with Crippen molar-refractivity contribution in [3.63, 3.8) is 0 Å². The van der Waals surface area contributed by atoms with Gasteiger partial charge in [-0.25, -0.2) is 0 Å². The van der Waals surface area contributed by atoms with E-state index in [1.807, 2.05) is 4.90 Å². The summed E-state index contributed by atoms with van der Waals surface area (Å²) < 4.78 is 28.6. The van der Waals surface area contributed by atoms with Crippen molar-refractivity contribution in [1.82, 2.24) is 10.2 Å². The standard InChI is InChI=1S/C23H24N4O4S/c28-22(25-18-5-3-4-16(14-18)23(29)24-17-8-9-17)15-10-12-27(13-11-15)21-19-6-1-2-7-20(19)32(30,31)26-21/h1-7,14-15,17H,8-13H2,(H,24,29)(H,25,28). The number of hydrogen-bond acceptors (Lipinski definition) is 5. The Balaban J connectivity index is 1.21. The Bertz CT molecular complexity index is 1210. The molecule has 1 aliphatic carbocycles. The van der Waals surface area contributed by atoms with Crippen molar-refractivity contribution in [2.75, 3.05) is 18.4 Å². The van der Waals surface area contributed by atoms with Crippen LogP contribution in [0.2, 0.25) is 0 Å². The van der Waals surface area contributed by atoms with Crippen molar-refractivity contribution < 1.29 is 18.0 Å². The number of hydrogen-bond donors (Lipinski definition) is 2. The number of nitrogens with zero attached hydrogens (tertiary/aromatic N) is 2. The van der Waals surface area contributed by atoms with Crippen molar-refractivity contribution in [1.29, 1.82) is 0 Å². The average molecular weight is 453 g/mol. The SMILES string of the molecule is O=C(NC1CC1)c1cccc(NC(=O)C2CCN(C3=NS(=O)(=O)c4ccccc43)CC2)c1. The Labute approximate surface area is 186 Å². The number of benzene rings is 2.